The van der Waals surface area contributed by atoms with Crippen molar-refractivity contribution in [1.29, 1.82) is 0 Å². The zero-order valence-electron chi connectivity index (χ0n) is 19.3. The number of ether oxygens (including phenoxy) is 1. The van der Waals surface area contributed by atoms with Crippen LogP contribution in [-0.2, 0) is 9.53 Å². The monoisotopic (exact) mass is 441 g/mol. The van der Waals surface area contributed by atoms with Crippen LogP contribution >= 0.6 is 0 Å². The maximum absolute atomic E-state index is 13.5. The molecular formula is C25H32FN3O3. The van der Waals surface area contributed by atoms with E-state index in [-0.39, 0.29) is 35.9 Å². The van der Waals surface area contributed by atoms with Crippen molar-refractivity contribution < 1.29 is 18.7 Å². The molecule has 1 fully saturated rings. The van der Waals surface area contributed by atoms with Gasteiger partial charge in [0.25, 0.3) is 0 Å². The van der Waals surface area contributed by atoms with Crippen LogP contribution in [0, 0.1) is 17.7 Å². The molecule has 0 bridgehead atoms. The molecule has 1 aromatic carbocycles. The van der Waals surface area contributed by atoms with Gasteiger partial charge in [-0.15, -0.1) is 5.10 Å². The summed E-state index contributed by atoms with van der Waals surface area (Å²) >= 11 is 0. The molecule has 32 heavy (non-hydrogen) atoms. The van der Waals surface area contributed by atoms with E-state index in [0.717, 1.165) is 31.2 Å². The average Bonchev–Trinajstić information content (AvgIpc) is 3.17. The number of carbonyl (C=O) groups is 2. The van der Waals surface area contributed by atoms with Gasteiger partial charge >= 0.3 is 5.97 Å². The van der Waals surface area contributed by atoms with Crippen LogP contribution in [0.4, 0.5) is 10.2 Å². The highest BCUT2D eigenvalue weighted by molar-refractivity contribution is 6.02. The summed E-state index contributed by atoms with van der Waals surface area (Å²) in [5.41, 5.74) is 1.04. The summed E-state index contributed by atoms with van der Waals surface area (Å²) in [5, 5.41) is 4.56. The molecule has 0 unspecified atom stereocenters. The molecule has 0 atom stereocenters. The molecule has 1 aliphatic rings. The summed E-state index contributed by atoms with van der Waals surface area (Å²) in [7, 11) is 0. The first-order valence-electron chi connectivity index (χ1n) is 11.3. The number of hydrogen-bond acceptors (Lipinski definition) is 4. The SMILES string of the molecule is CCOC(=O)c1cn(C=Cc2ccc(F)cc2)nc1N(C(=O)[C@H]1CC[C@H](C)CC1)C(C)C. The molecule has 2 aromatic rings. The number of benzene rings is 1. The number of esters is 1. The lowest BCUT2D eigenvalue weighted by Gasteiger charge is -2.32. The van der Waals surface area contributed by atoms with Crippen LogP contribution in [0.2, 0.25) is 0 Å². The fourth-order valence-corrected chi connectivity index (χ4v) is 4.03. The first-order chi connectivity index (χ1) is 15.3. The number of amides is 1. The largest absolute Gasteiger partial charge is 0.462 e. The van der Waals surface area contributed by atoms with Crippen LogP contribution < -0.4 is 4.90 Å². The van der Waals surface area contributed by atoms with E-state index in [1.807, 2.05) is 13.8 Å². The smallest absolute Gasteiger partial charge is 0.343 e. The van der Waals surface area contributed by atoms with Gasteiger partial charge in [-0.3, -0.25) is 9.69 Å². The lowest BCUT2D eigenvalue weighted by Crippen LogP contribution is -2.43. The summed E-state index contributed by atoms with van der Waals surface area (Å²) in [6, 6.07) is 5.89. The summed E-state index contributed by atoms with van der Waals surface area (Å²) in [5.74, 6) is 0.0630. The standard InChI is InChI=1S/C25H32FN3O3/c1-5-32-25(31)22-16-28(15-14-19-8-12-21(26)13-9-19)27-23(22)29(17(2)3)24(30)20-10-6-18(4)7-11-20/h8-9,12-18,20H,5-7,10-11H2,1-4H3/t18-,20-. The predicted octanol–water partition coefficient (Wildman–Crippen LogP) is 5.39. The van der Waals surface area contributed by atoms with Crippen LogP contribution in [0.15, 0.2) is 30.5 Å². The number of anilines is 1. The highest BCUT2D eigenvalue weighted by Gasteiger charge is 2.34. The molecular weight excluding hydrogens is 409 g/mol. The third-order valence-corrected chi connectivity index (χ3v) is 5.84. The van der Waals surface area contributed by atoms with Gasteiger partial charge in [-0.1, -0.05) is 19.1 Å². The van der Waals surface area contributed by atoms with Gasteiger partial charge in [0.2, 0.25) is 5.91 Å². The van der Waals surface area contributed by atoms with E-state index in [2.05, 4.69) is 12.0 Å². The Morgan fingerprint density at radius 3 is 2.47 bits per heavy atom. The molecule has 0 N–H and O–H groups in total. The molecule has 1 aromatic heterocycles. The fraction of sp³-hybridized carbons (Fsp3) is 0.480. The fourth-order valence-electron chi connectivity index (χ4n) is 4.03. The second kappa shape index (κ2) is 10.6. The zero-order valence-corrected chi connectivity index (χ0v) is 19.3. The molecule has 1 heterocycles. The maximum Gasteiger partial charge on any atom is 0.343 e. The molecule has 6 nitrogen and oxygen atoms in total. The van der Waals surface area contributed by atoms with Gasteiger partial charge in [0.1, 0.15) is 11.4 Å². The summed E-state index contributed by atoms with van der Waals surface area (Å²) in [6.45, 7) is 8.03. The minimum absolute atomic E-state index is 0.00483. The number of carbonyl (C=O) groups excluding carboxylic acids is 2. The summed E-state index contributed by atoms with van der Waals surface area (Å²) < 4.78 is 19.9. The molecule has 0 saturated heterocycles. The van der Waals surface area contributed by atoms with Crippen molar-refractivity contribution in [3.8, 4) is 0 Å². The molecule has 3 rings (SSSR count). The predicted molar refractivity (Wildman–Crippen MR) is 124 cm³/mol. The number of halogens is 1. The Hall–Kier alpha value is -2.96. The molecule has 0 spiro atoms. The van der Waals surface area contributed by atoms with Gasteiger partial charge in [0.15, 0.2) is 5.82 Å². The Morgan fingerprint density at radius 2 is 1.88 bits per heavy atom. The topological polar surface area (TPSA) is 64.4 Å². The Balaban J connectivity index is 1.94. The van der Waals surface area contributed by atoms with E-state index < -0.39 is 5.97 Å². The number of hydrogen-bond donors (Lipinski definition) is 0. The minimum Gasteiger partial charge on any atom is -0.462 e. The molecule has 1 aliphatic carbocycles. The van der Waals surface area contributed by atoms with Crippen LogP contribution in [0.3, 0.4) is 0 Å². The Kier molecular flexibility index (Phi) is 7.83. The maximum atomic E-state index is 13.5. The van der Waals surface area contributed by atoms with Crippen molar-refractivity contribution >= 4 is 30.0 Å². The number of nitrogens with zero attached hydrogens (tertiary/aromatic N) is 3. The zero-order chi connectivity index (χ0) is 23.3. The number of aromatic nitrogens is 2. The van der Waals surface area contributed by atoms with Gasteiger partial charge < -0.3 is 4.74 Å². The quantitative estimate of drug-likeness (QED) is 0.540. The molecule has 1 saturated carbocycles. The molecule has 0 radical (unpaired) electrons. The van der Waals surface area contributed by atoms with Crippen molar-refractivity contribution in [2.45, 2.75) is 59.4 Å². The molecule has 7 heteroatoms. The van der Waals surface area contributed by atoms with Crippen LogP contribution in [0.5, 0.6) is 0 Å². The number of rotatable bonds is 7. The molecule has 172 valence electrons. The lowest BCUT2D eigenvalue weighted by molar-refractivity contribution is -0.123. The van der Waals surface area contributed by atoms with E-state index in [9.17, 15) is 14.0 Å². The van der Waals surface area contributed by atoms with Crippen LogP contribution in [0.25, 0.3) is 12.3 Å². The van der Waals surface area contributed by atoms with E-state index in [1.165, 1.54) is 16.8 Å². The minimum atomic E-state index is -0.514. The van der Waals surface area contributed by atoms with Crippen LogP contribution in [-0.4, -0.2) is 34.3 Å². The Labute approximate surface area is 189 Å². The third kappa shape index (κ3) is 5.64. The van der Waals surface area contributed by atoms with E-state index in [1.54, 1.807) is 42.4 Å². The van der Waals surface area contributed by atoms with Crippen molar-refractivity contribution in [3.05, 3.63) is 47.4 Å². The highest BCUT2D eigenvalue weighted by atomic mass is 19.1. The van der Waals surface area contributed by atoms with Gasteiger partial charge in [0, 0.05) is 24.4 Å². The van der Waals surface area contributed by atoms with E-state index in [0.29, 0.717) is 11.7 Å². The summed E-state index contributed by atoms with van der Waals surface area (Å²) in [6.07, 6.45) is 8.76. The van der Waals surface area contributed by atoms with Gasteiger partial charge in [-0.2, -0.15) is 0 Å². The summed E-state index contributed by atoms with van der Waals surface area (Å²) in [4.78, 5) is 27.8. The lowest BCUT2D eigenvalue weighted by atomic mass is 9.82. The van der Waals surface area contributed by atoms with Crippen LogP contribution in [0.1, 0.15) is 69.3 Å². The van der Waals surface area contributed by atoms with E-state index in [4.69, 9.17) is 4.74 Å². The van der Waals surface area contributed by atoms with Crippen molar-refractivity contribution in [1.82, 2.24) is 9.78 Å². The Bertz CT molecular complexity index is 957. The van der Waals surface area contributed by atoms with Gasteiger partial charge in [-0.05, 0) is 76.1 Å². The third-order valence-electron chi connectivity index (χ3n) is 5.84. The van der Waals surface area contributed by atoms with Gasteiger partial charge in [0.05, 0.1) is 6.61 Å². The normalized spacial score (nSPS) is 18.8. The van der Waals surface area contributed by atoms with Crippen molar-refractivity contribution in [2.24, 2.45) is 11.8 Å². The van der Waals surface area contributed by atoms with Crippen molar-refractivity contribution in [2.75, 3.05) is 11.5 Å². The Morgan fingerprint density at radius 1 is 1.22 bits per heavy atom. The van der Waals surface area contributed by atoms with Crippen molar-refractivity contribution in [3.63, 3.8) is 0 Å². The second-order valence-electron chi connectivity index (χ2n) is 8.69. The average molecular weight is 442 g/mol. The molecule has 1 amide bonds. The van der Waals surface area contributed by atoms with Gasteiger partial charge in [-0.25, -0.2) is 13.9 Å². The highest BCUT2D eigenvalue weighted by Crippen LogP contribution is 2.32. The first-order valence-corrected chi connectivity index (χ1v) is 11.3. The second-order valence-corrected chi connectivity index (χ2v) is 8.69. The first kappa shape index (κ1) is 23.7. The molecule has 0 aliphatic heterocycles. The van der Waals surface area contributed by atoms with E-state index >= 15 is 0 Å².